The second-order valence-corrected chi connectivity index (χ2v) is 10.0. The van der Waals surface area contributed by atoms with Gasteiger partial charge in [-0.2, -0.15) is 0 Å². The highest BCUT2D eigenvalue weighted by Gasteiger charge is 2.31. The number of methoxy groups -OCH3 is 1. The van der Waals surface area contributed by atoms with Crippen LogP contribution in [0.25, 0.3) is 0 Å². The zero-order valence-electron chi connectivity index (χ0n) is 21.9. The number of hydrogen-bond acceptors (Lipinski definition) is 4. The zero-order valence-corrected chi connectivity index (χ0v) is 23.5. The van der Waals surface area contributed by atoms with E-state index in [4.69, 9.17) is 9.47 Å². The van der Waals surface area contributed by atoms with Gasteiger partial charge in [-0.25, -0.2) is 0 Å². The second kappa shape index (κ2) is 13.8. The summed E-state index contributed by atoms with van der Waals surface area (Å²) >= 11 is 3.54. The van der Waals surface area contributed by atoms with Crippen molar-refractivity contribution >= 4 is 27.7 Å². The summed E-state index contributed by atoms with van der Waals surface area (Å²) in [6.45, 7) is 5.93. The van der Waals surface area contributed by atoms with Gasteiger partial charge in [-0.05, 0) is 77.2 Å². The largest absolute Gasteiger partial charge is 0.497 e. The lowest BCUT2D eigenvalue weighted by molar-refractivity contribution is -0.143. The fourth-order valence-electron chi connectivity index (χ4n) is 4.01. The molecule has 0 bridgehead atoms. The average Bonchev–Trinajstić information content (AvgIpc) is 2.90. The molecule has 0 aliphatic carbocycles. The highest BCUT2D eigenvalue weighted by molar-refractivity contribution is 9.10. The number of benzene rings is 3. The Bertz CT molecular complexity index is 1180. The Balaban J connectivity index is 1.92. The molecule has 1 atom stereocenters. The molecule has 3 aromatic rings. The second-order valence-electron chi connectivity index (χ2n) is 9.15. The third-order valence-electron chi connectivity index (χ3n) is 5.94. The van der Waals surface area contributed by atoms with E-state index in [1.807, 2.05) is 86.6 Å². The van der Waals surface area contributed by atoms with Crippen molar-refractivity contribution in [3.8, 4) is 11.5 Å². The number of nitrogens with zero attached hydrogens (tertiary/aromatic N) is 1. The van der Waals surface area contributed by atoms with Crippen molar-refractivity contribution in [1.29, 1.82) is 0 Å². The Labute approximate surface area is 228 Å². The van der Waals surface area contributed by atoms with Crippen LogP contribution in [0.2, 0.25) is 0 Å². The van der Waals surface area contributed by atoms with Crippen LogP contribution in [0.4, 0.5) is 0 Å². The van der Waals surface area contributed by atoms with Gasteiger partial charge in [-0.1, -0.05) is 55.5 Å². The summed E-state index contributed by atoms with van der Waals surface area (Å²) in [4.78, 5) is 28.7. The fraction of sp³-hybridized carbons (Fsp3) is 0.333. The van der Waals surface area contributed by atoms with Crippen molar-refractivity contribution in [3.63, 3.8) is 0 Å². The molecule has 0 aliphatic rings. The van der Waals surface area contributed by atoms with Crippen LogP contribution in [0.15, 0.2) is 77.3 Å². The standard InChI is InChI=1S/C30H35BrN2O4/c1-5-22-14-15-28(26(31)17-22)37-20-29(34)33(19-24-12-9-13-25(16-24)36-4)27(30(35)32-21(2)3)18-23-10-7-6-8-11-23/h6-17,21,27H,5,18-20H2,1-4H3,(H,32,35)/t27-/m1/s1. The Hall–Kier alpha value is -3.32. The van der Waals surface area contributed by atoms with Crippen LogP contribution < -0.4 is 14.8 Å². The number of amides is 2. The van der Waals surface area contributed by atoms with E-state index in [0.717, 1.165) is 22.0 Å². The SMILES string of the molecule is CCc1ccc(OCC(=O)N(Cc2cccc(OC)c2)[C@H](Cc2ccccc2)C(=O)NC(C)C)c(Br)c1. The quantitative estimate of drug-likeness (QED) is 0.311. The minimum absolute atomic E-state index is 0.0659. The van der Waals surface area contributed by atoms with Gasteiger partial charge >= 0.3 is 0 Å². The van der Waals surface area contributed by atoms with Crippen LogP contribution in [0.1, 0.15) is 37.5 Å². The van der Waals surface area contributed by atoms with E-state index in [-0.39, 0.29) is 31.0 Å². The van der Waals surface area contributed by atoms with Crippen LogP contribution >= 0.6 is 15.9 Å². The minimum Gasteiger partial charge on any atom is -0.497 e. The molecule has 0 aromatic heterocycles. The van der Waals surface area contributed by atoms with E-state index in [9.17, 15) is 9.59 Å². The van der Waals surface area contributed by atoms with Gasteiger partial charge in [0.15, 0.2) is 6.61 Å². The third kappa shape index (κ3) is 8.35. The molecule has 2 amide bonds. The Kier molecular flexibility index (Phi) is 10.6. The van der Waals surface area contributed by atoms with Gasteiger partial charge in [-0.15, -0.1) is 0 Å². The monoisotopic (exact) mass is 566 g/mol. The Morgan fingerprint density at radius 2 is 1.68 bits per heavy atom. The molecule has 196 valence electrons. The van der Waals surface area contributed by atoms with Gasteiger partial charge in [0.25, 0.3) is 5.91 Å². The van der Waals surface area contributed by atoms with Gasteiger partial charge in [-0.3, -0.25) is 9.59 Å². The number of carbonyl (C=O) groups excluding carboxylic acids is 2. The van der Waals surface area contributed by atoms with Gasteiger partial charge in [0, 0.05) is 19.0 Å². The number of rotatable bonds is 12. The van der Waals surface area contributed by atoms with Gasteiger partial charge in [0.05, 0.1) is 11.6 Å². The molecule has 0 saturated carbocycles. The molecule has 0 radical (unpaired) electrons. The first-order valence-corrected chi connectivity index (χ1v) is 13.3. The predicted molar refractivity (Wildman–Crippen MR) is 150 cm³/mol. The molecule has 37 heavy (non-hydrogen) atoms. The van der Waals surface area contributed by atoms with Crippen molar-refractivity contribution in [2.75, 3.05) is 13.7 Å². The smallest absolute Gasteiger partial charge is 0.261 e. The van der Waals surface area contributed by atoms with Gasteiger partial charge in [0.2, 0.25) is 5.91 Å². The van der Waals surface area contributed by atoms with E-state index in [1.165, 1.54) is 5.56 Å². The lowest BCUT2D eigenvalue weighted by atomic mass is 10.0. The van der Waals surface area contributed by atoms with Crippen molar-refractivity contribution in [2.45, 2.75) is 52.2 Å². The molecule has 6 nitrogen and oxygen atoms in total. The predicted octanol–water partition coefficient (Wildman–Crippen LogP) is 5.56. The van der Waals surface area contributed by atoms with Crippen molar-refractivity contribution in [3.05, 3.63) is 94.0 Å². The maximum atomic E-state index is 13.7. The highest BCUT2D eigenvalue weighted by atomic mass is 79.9. The molecule has 3 aromatic carbocycles. The molecular formula is C30H35BrN2O4. The molecule has 1 N–H and O–H groups in total. The fourth-order valence-corrected chi connectivity index (χ4v) is 4.55. The topological polar surface area (TPSA) is 67.9 Å². The maximum absolute atomic E-state index is 13.7. The molecule has 0 fully saturated rings. The number of ether oxygens (including phenoxy) is 2. The summed E-state index contributed by atoms with van der Waals surface area (Å²) in [6, 6.07) is 22.3. The number of carbonyl (C=O) groups is 2. The van der Waals surface area contributed by atoms with Crippen molar-refractivity contribution in [2.24, 2.45) is 0 Å². The van der Waals surface area contributed by atoms with E-state index in [2.05, 4.69) is 28.2 Å². The molecule has 0 saturated heterocycles. The lowest BCUT2D eigenvalue weighted by Crippen LogP contribution is -2.52. The molecule has 7 heteroatoms. The highest BCUT2D eigenvalue weighted by Crippen LogP contribution is 2.27. The maximum Gasteiger partial charge on any atom is 0.261 e. The van der Waals surface area contributed by atoms with Gasteiger partial charge in [0.1, 0.15) is 17.5 Å². The van der Waals surface area contributed by atoms with Crippen LogP contribution in [0.5, 0.6) is 11.5 Å². The summed E-state index contributed by atoms with van der Waals surface area (Å²) in [6.07, 6.45) is 1.28. The number of halogens is 1. The summed E-state index contributed by atoms with van der Waals surface area (Å²) < 4.78 is 12.1. The first-order chi connectivity index (χ1) is 17.8. The first kappa shape index (κ1) is 28.3. The molecule has 0 heterocycles. The van der Waals surface area contributed by atoms with E-state index in [1.54, 1.807) is 12.0 Å². The van der Waals surface area contributed by atoms with Crippen LogP contribution in [-0.2, 0) is 29.0 Å². The molecule has 3 rings (SSSR count). The number of aryl methyl sites for hydroxylation is 1. The van der Waals surface area contributed by atoms with E-state index < -0.39 is 6.04 Å². The normalized spacial score (nSPS) is 11.6. The van der Waals surface area contributed by atoms with E-state index >= 15 is 0 Å². The lowest BCUT2D eigenvalue weighted by Gasteiger charge is -2.32. The number of hydrogen-bond donors (Lipinski definition) is 1. The van der Waals surface area contributed by atoms with Crippen LogP contribution in [0.3, 0.4) is 0 Å². The zero-order chi connectivity index (χ0) is 26.8. The summed E-state index contributed by atoms with van der Waals surface area (Å²) in [5.74, 6) is 0.781. The van der Waals surface area contributed by atoms with Crippen molar-refractivity contribution in [1.82, 2.24) is 10.2 Å². The molecule has 0 spiro atoms. The van der Waals surface area contributed by atoms with Crippen molar-refractivity contribution < 1.29 is 19.1 Å². The third-order valence-corrected chi connectivity index (χ3v) is 6.56. The average molecular weight is 568 g/mol. The van der Waals surface area contributed by atoms with Gasteiger partial charge < -0.3 is 19.7 Å². The number of nitrogens with one attached hydrogen (secondary N) is 1. The summed E-state index contributed by atoms with van der Waals surface area (Å²) in [5, 5.41) is 3.00. The molecule has 0 unspecified atom stereocenters. The summed E-state index contributed by atoms with van der Waals surface area (Å²) in [7, 11) is 1.60. The molecular weight excluding hydrogens is 532 g/mol. The Morgan fingerprint density at radius 1 is 0.946 bits per heavy atom. The Morgan fingerprint density at radius 3 is 2.32 bits per heavy atom. The first-order valence-electron chi connectivity index (χ1n) is 12.5. The van der Waals surface area contributed by atoms with Crippen LogP contribution in [0, 0.1) is 0 Å². The van der Waals surface area contributed by atoms with E-state index in [0.29, 0.717) is 17.9 Å². The molecule has 0 aliphatic heterocycles. The minimum atomic E-state index is -0.724. The summed E-state index contributed by atoms with van der Waals surface area (Å²) in [5.41, 5.74) is 2.99. The van der Waals surface area contributed by atoms with Crippen LogP contribution in [-0.4, -0.2) is 42.5 Å².